The number of rotatable bonds is 5. The minimum atomic E-state index is -0.654. The van der Waals surface area contributed by atoms with Gasteiger partial charge in [0.05, 0.1) is 11.2 Å². The molecule has 0 radical (unpaired) electrons. The van der Waals surface area contributed by atoms with Gasteiger partial charge < -0.3 is 5.32 Å². The van der Waals surface area contributed by atoms with E-state index in [1.165, 1.54) is 34.1 Å². The maximum atomic E-state index is 13.7. The summed E-state index contributed by atoms with van der Waals surface area (Å²) in [6, 6.07) is 13.1. The highest BCUT2D eigenvalue weighted by molar-refractivity contribution is 7.17. The Kier molecular flexibility index (Phi) is 5.56. The monoisotopic (exact) mass is 437 g/mol. The third kappa shape index (κ3) is 3.94. The topological polar surface area (TPSA) is 73.1 Å². The smallest absolute Gasteiger partial charge is 0.325 e. The van der Waals surface area contributed by atoms with Gasteiger partial charge in [0.1, 0.15) is 17.1 Å². The fourth-order valence-electron chi connectivity index (χ4n) is 3.40. The molecule has 0 bridgehead atoms. The number of carbonyl (C=O) groups is 1. The first-order valence-electron chi connectivity index (χ1n) is 9.77. The highest BCUT2D eigenvalue weighted by Gasteiger charge is 2.18. The number of aromatic nitrogens is 2. The second-order valence-corrected chi connectivity index (χ2v) is 8.09. The molecule has 4 aromatic rings. The first-order valence-corrected chi connectivity index (χ1v) is 10.7. The Morgan fingerprint density at radius 3 is 2.52 bits per heavy atom. The molecule has 0 saturated carbocycles. The molecular formula is C23H20FN3O3S. The SMILES string of the molecule is CCc1ccc(NC(=O)Cn2c(=O)n(-c3ccc(F)c(C)c3)c(=O)c3sccc32)cc1. The van der Waals surface area contributed by atoms with E-state index in [1.807, 2.05) is 31.2 Å². The van der Waals surface area contributed by atoms with Gasteiger partial charge in [-0.2, -0.15) is 0 Å². The van der Waals surface area contributed by atoms with Crippen molar-refractivity contribution < 1.29 is 9.18 Å². The van der Waals surface area contributed by atoms with Crippen molar-refractivity contribution in [3.05, 3.63) is 91.7 Å². The van der Waals surface area contributed by atoms with E-state index in [2.05, 4.69) is 5.32 Å². The van der Waals surface area contributed by atoms with Gasteiger partial charge in [0.25, 0.3) is 5.56 Å². The summed E-state index contributed by atoms with van der Waals surface area (Å²) in [5.41, 5.74) is 1.59. The molecule has 0 aliphatic carbocycles. The van der Waals surface area contributed by atoms with E-state index in [4.69, 9.17) is 0 Å². The van der Waals surface area contributed by atoms with Gasteiger partial charge in [0, 0.05) is 5.69 Å². The molecule has 0 aliphatic heterocycles. The Balaban J connectivity index is 1.76. The van der Waals surface area contributed by atoms with Crippen LogP contribution in [0.25, 0.3) is 15.9 Å². The number of nitrogens with one attached hydrogen (secondary N) is 1. The van der Waals surface area contributed by atoms with Crippen molar-refractivity contribution in [1.29, 1.82) is 0 Å². The Labute approximate surface area is 181 Å². The van der Waals surface area contributed by atoms with Crippen molar-refractivity contribution in [2.24, 2.45) is 0 Å². The van der Waals surface area contributed by atoms with Crippen LogP contribution in [0.3, 0.4) is 0 Å². The fourth-order valence-corrected chi connectivity index (χ4v) is 4.23. The third-order valence-electron chi connectivity index (χ3n) is 5.10. The first-order chi connectivity index (χ1) is 14.9. The number of benzene rings is 2. The zero-order chi connectivity index (χ0) is 22.1. The third-order valence-corrected chi connectivity index (χ3v) is 5.99. The summed E-state index contributed by atoms with van der Waals surface area (Å²) in [5, 5.41) is 4.48. The maximum absolute atomic E-state index is 13.7. The van der Waals surface area contributed by atoms with Gasteiger partial charge in [-0.1, -0.05) is 19.1 Å². The van der Waals surface area contributed by atoms with Crippen LogP contribution in [0.15, 0.2) is 63.5 Å². The van der Waals surface area contributed by atoms with Crippen molar-refractivity contribution >= 4 is 33.1 Å². The summed E-state index contributed by atoms with van der Waals surface area (Å²) in [6.45, 7) is 3.34. The quantitative estimate of drug-likeness (QED) is 0.515. The molecule has 0 unspecified atom stereocenters. The molecule has 6 nitrogen and oxygen atoms in total. The molecule has 0 spiro atoms. The van der Waals surface area contributed by atoms with Crippen LogP contribution >= 0.6 is 11.3 Å². The van der Waals surface area contributed by atoms with E-state index in [0.29, 0.717) is 21.5 Å². The van der Waals surface area contributed by atoms with E-state index in [-0.39, 0.29) is 18.1 Å². The number of amides is 1. The summed E-state index contributed by atoms with van der Waals surface area (Å²) >= 11 is 1.19. The van der Waals surface area contributed by atoms with Crippen molar-refractivity contribution in [3.8, 4) is 5.69 Å². The summed E-state index contributed by atoms with van der Waals surface area (Å²) in [5.74, 6) is -0.817. The zero-order valence-corrected chi connectivity index (χ0v) is 17.8. The van der Waals surface area contributed by atoms with Gasteiger partial charge in [-0.15, -0.1) is 11.3 Å². The number of fused-ring (bicyclic) bond motifs is 1. The summed E-state index contributed by atoms with van der Waals surface area (Å²) in [6.07, 6.45) is 0.893. The lowest BCUT2D eigenvalue weighted by molar-refractivity contribution is -0.116. The molecule has 1 amide bonds. The number of aryl methyl sites for hydroxylation is 2. The number of thiophene rings is 1. The largest absolute Gasteiger partial charge is 0.336 e. The lowest BCUT2D eigenvalue weighted by Gasteiger charge is -2.13. The summed E-state index contributed by atoms with van der Waals surface area (Å²) in [4.78, 5) is 38.9. The fraction of sp³-hybridized carbons (Fsp3) is 0.174. The lowest BCUT2D eigenvalue weighted by Crippen LogP contribution is -2.40. The predicted octanol–water partition coefficient (Wildman–Crippen LogP) is 3.86. The summed E-state index contributed by atoms with van der Waals surface area (Å²) < 4.78 is 16.3. The maximum Gasteiger partial charge on any atom is 0.336 e. The first kappa shape index (κ1) is 20.7. The van der Waals surface area contributed by atoms with Crippen molar-refractivity contribution in [1.82, 2.24) is 9.13 Å². The average molecular weight is 437 g/mol. The van der Waals surface area contributed by atoms with Crippen LogP contribution in [-0.4, -0.2) is 15.0 Å². The van der Waals surface area contributed by atoms with E-state index in [9.17, 15) is 18.8 Å². The number of hydrogen-bond donors (Lipinski definition) is 1. The Hall–Kier alpha value is -3.52. The highest BCUT2D eigenvalue weighted by Crippen LogP contribution is 2.18. The van der Waals surface area contributed by atoms with Crippen molar-refractivity contribution in [2.45, 2.75) is 26.8 Å². The second-order valence-electron chi connectivity index (χ2n) is 7.18. The number of nitrogens with zero attached hydrogens (tertiary/aromatic N) is 2. The molecule has 4 rings (SSSR count). The van der Waals surface area contributed by atoms with E-state index >= 15 is 0 Å². The van der Waals surface area contributed by atoms with E-state index in [0.717, 1.165) is 16.6 Å². The van der Waals surface area contributed by atoms with Crippen LogP contribution in [0, 0.1) is 12.7 Å². The van der Waals surface area contributed by atoms with Gasteiger partial charge >= 0.3 is 5.69 Å². The summed E-state index contributed by atoms with van der Waals surface area (Å²) in [7, 11) is 0. The minimum Gasteiger partial charge on any atom is -0.325 e. The van der Waals surface area contributed by atoms with Gasteiger partial charge in [0.15, 0.2) is 0 Å². The van der Waals surface area contributed by atoms with Crippen LogP contribution in [0.5, 0.6) is 0 Å². The molecule has 2 heterocycles. The number of carbonyl (C=O) groups excluding carboxylic acids is 1. The van der Waals surface area contributed by atoms with E-state index in [1.54, 1.807) is 18.4 Å². The normalized spacial score (nSPS) is 11.1. The Morgan fingerprint density at radius 2 is 1.84 bits per heavy atom. The zero-order valence-electron chi connectivity index (χ0n) is 17.0. The molecule has 1 N–H and O–H groups in total. The van der Waals surface area contributed by atoms with Gasteiger partial charge in [0.2, 0.25) is 5.91 Å². The minimum absolute atomic E-state index is 0.258. The highest BCUT2D eigenvalue weighted by atomic mass is 32.1. The van der Waals surface area contributed by atoms with Gasteiger partial charge in [-0.3, -0.25) is 14.2 Å². The standard InChI is InChI=1S/C23H20FN3O3S/c1-3-15-4-6-16(7-5-15)25-20(28)13-26-19-10-11-31-21(19)22(29)27(23(26)30)17-8-9-18(24)14(2)12-17/h4-12H,3,13H2,1-2H3,(H,25,28). The molecule has 0 fully saturated rings. The van der Waals surface area contributed by atoms with E-state index < -0.39 is 17.1 Å². The molecule has 2 aromatic heterocycles. The predicted molar refractivity (Wildman–Crippen MR) is 121 cm³/mol. The molecule has 158 valence electrons. The molecule has 31 heavy (non-hydrogen) atoms. The lowest BCUT2D eigenvalue weighted by atomic mass is 10.1. The van der Waals surface area contributed by atoms with Crippen LogP contribution in [0.1, 0.15) is 18.1 Å². The number of halogens is 1. The Morgan fingerprint density at radius 1 is 1.10 bits per heavy atom. The van der Waals surface area contributed by atoms with Crippen molar-refractivity contribution in [3.63, 3.8) is 0 Å². The molecular weight excluding hydrogens is 417 g/mol. The molecule has 0 aliphatic rings. The van der Waals surface area contributed by atoms with Crippen LogP contribution in [0.2, 0.25) is 0 Å². The average Bonchev–Trinajstić information content (AvgIpc) is 3.24. The second kappa shape index (κ2) is 8.31. The van der Waals surface area contributed by atoms with Gasteiger partial charge in [-0.05, 0) is 66.2 Å². The number of anilines is 1. The number of hydrogen-bond acceptors (Lipinski definition) is 4. The van der Waals surface area contributed by atoms with Crippen LogP contribution < -0.4 is 16.6 Å². The van der Waals surface area contributed by atoms with Gasteiger partial charge in [-0.25, -0.2) is 13.8 Å². The van der Waals surface area contributed by atoms with Crippen LogP contribution in [0.4, 0.5) is 10.1 Å². The molecule has 0 saturated heterocycles. The van der Waals surface area contributed by atoms with Crippen molar-refractivity contribution in [2.75, 3.05) is 5.32 Å². The molecule has 0 atom stereocenters. The Bertz CT molecular complexity index is 1400. The molecule has 8 heteroatoms. The molecule has 2 aromatic carbocycles. The van der Waals surface area contributed by atoms with Crippen LogP contribution in [-0.2, 0) is 17.8 Å².